The molecule has 18 heavy (non-hydrogen) atoms. The maximum Gasteiger partial charge on any atom is 0.357 e. The lowest BCUT2D eigenvalue weighted by Gasteiger charge is -2.07. The number of hydrogen-bond acceptors (Lipinski definition) is 4. The van der Waals surface area contributed by atoms with Crippen LogP contribution in [0.2, 0.25) is 0 Å². The van der Waals surface area contributed by atoms with Crippen LogP contribution in [-0.4, -0.2) is 34.3 Å². The lowest BCUT2D eigenvalue weighted by Crippen LogP contribution is -2.03. The predicted molar refractivity (Wildman–Crippen MR) is 62.5 cm³/mol. The van der Waals surface area contributed by atoms with Crippen LogP contribution in [0.5, 0.6) is 5.75 Å². The molecular weight excluding hydrogens is 236 g/mol. The van der Waals surface area contributed by atoms with Gasteiger partial charge in [0.2, 0.25) is 0 Å². The van der Waals surface area contributed by atoms with Crippen molar-refractivity contribution in [1.29, 1.82) is 0 Å². The quantitative estimate of drug-likeness (QED) is 0.824. The lowest BCUT2D eigenvalue weighted by atomic mass is 10.3. The fourth-order valence-electron chi connectivity index (χ4n) is 1.58. The number of aldehydes is 1. The van der Waals surface area contributed by atoms with Gasteiger partial charge in [0.25, 0.3) is 0 Å². The van der Waals surface area contributed by atoms with Gasteiger partial charge in [-0.3, -0.25) is 4.79 Å². The Morgan fingerprint density at radius 3 is 2.72 bits per heavy atom. The Balaban J connectivity index is 2.58. The van der Waals surface area contributed by atoms with Crippen LogP contribution in [0, 0.1) is 0 Å². The van der Waals surface area contributed by atoms with Gasteiger partial charge in [0, 0.05) is 6.20 Å². The van der Waals surface area contributed by atoms with Crippen LogP contribution in [0.1, 0.15) is 20.8 Å². The zero-order valence-electron chi connectivity index (χ0n) is 9.53. The molecule has 0 unspecified atom stereocenters. The minimum absolute atomic E-state index is 0.0217. The standard InChI is InChI=1S/C12H10N2O4/c1-18-10-5-3-2-4-9(10)14-6-8(7-15)11(13-14)12(16)17/h2-7H,1H3,(H,16,17). The molecule has 0 spiro atoms. The molecule has 0 fully saturated rings. The second kappa shape index (κ2) is 4.70. The minimum atomic E-state index is -1.24. The number of carbonyl (C=O) groups is 2. The highest BCUT2D eigenvalue weighted by molar-refractivity contribution is 5.95. The molecule has 0 bridgehead atoms. The molecule has 0 amide bonds. The van der Waals surface area contributed by atoms with Crippen molar-refractivity contribution in [3.8, 4) is 11.4 Å². The molecule has 1 N–H and O–H groups in total. The summed E-state index contributed by atoms with van der Waals surface area (Å²) < 4.78 is 6.46. The Labute approximate surface area is 102 Å². The molecule has 0 aliphatic carbocycles. The maximum atomic E-state index is 10.9. The average molecular weight is 246 g/mol. The highest BCUT2D eigenvalue weighted by atomic mass is 16.5. The molecule has 0 saturated carbocycles. The van der Waals surface area contributed by atoms with Gasteiger partial charge in [0.15, 0.2) is 12.0 Å². The predicted octanol–water partition coefficient (Wildman–Crippen LogP) is 1.39. The first-order valence-corrected chi connectivity index (χ1v) is 5.09. The van der Waals surface area contributed by atoms with E-state index in [0.29, 0.717) is 17.7 Å². The van der Waals surface area contributed by atoms with E-state index in [9.17, 15) is 9.59 Å². The fourth-order valence-corrected chi connectivity index (χ4v) is 1.58. The fraction of sp³-hybridized carbons (Fsp3) is 0.0833. The van der Waals surface area contributed by atoms with Crippen molar-refractivity contribution in [3.05, 3.63) is 41.7 Å². The molecular formula is C12H10N2O4. The van der Waals surface area contributed by atoms with Gasteiger partial charge in [-0.25, -0.2) is 9.48 Å². The van der Waals surface area contributed by atoms with E-state index in [1.54, 1.807) is 24.3 Å². The van der Waals surface area contributed by atoms with Gasteiger partial charge in [0.05, 0.1) is 12.7 Å². The molecule has 1 aromatic carbocycles. The molecule has 92 valence electrons. The third-order valence-electron chi connectivity index (χ3n) is 2.40. The topological polar surface area (TPSA) is 81.4 Å². The number of hydrogen-bond donors (Lipinski definition) is 1. The molecule has 1 aromatic heterocycles. The number of methoxy groups -OCH3 is 1. The molecule has 2 rings (SSSR count). The van der Waals surface area contributed by atoms with Crippen molar-refractivity contribution in [2.24, 2.45) is 0 Å². The van der Waals surface area contributed by atoms with Crippen LogP contribution in [0.15, 0.2) is 30.5 Å². The van der Waals surface area contributed by atoms with Crippen molar-refractivity contribution in [2.75, 3.05) is 7.11 Å². The number of para-hydroxylation sites is 2. The molecule has 6 heteroatoms. The molecule has 6 nitrogen and oxygen atoms in total. The Morgan fingerprint density at radius 2 is 2.17 bits per heavy atom. The average Bonchev–Trinajstić information content (AvgIpc) is 2.82. The van der Waals surface area contributed by atoms with E-state index in [1.165, 1.54) is 18.0 Å². The number of rotatable bonds is 4. The van der Waals surface area contributed by atoms with Crippen molar-refractivity contribution in [2.45, 2.75) is 0 Å². The Hall–Kier alpha value is -2.63. The summed E-state index contributed by atoms with van der Waals surface area (Å²) in [5.41, 5.74) is 0.305. The number of aromatic nitrogens is 2. The Kier molecular flexibility index (Phi) is 3.09. The van der Waals surface area contributed by atoms with Crippen LogP contribution >= 0.6 is 0 Å². The van der Waals surface area contributed by atoms with Crippen molar-refractivity contribution >= 4 is 12.3 Å². The first-order valence-electron chi connectivity index (χ1n) is 5.09. The van der Waals surface area contributed by atoms with Crippen molar-refractivity contribution < 1.29 is 19.4 Å². The van der Waals surface area contributed by atoms with E-state index in [2.05, 4.69) is 5.10 Å². The van der Waals surface area contributed by atoms with E-state index >= 15 is 0 Å². The van der Waals surface area contributed by atoms with Crippen molar-refractivity contribution in [3.63, 3.8) is 0 Å². The number of ether oxygens (including phenoxy) is 1. The second-order valence-electron chi connectivity index (χ2n) is 3.47. The van der Waals surface area contributed by atoms with Gasteiger partial charge in [-0.2, -0.15) is 5.10 Å². The van der Waals surface area contributed by atoms with Gasteiger partial charge in [-0.15, -0.1) is 0 Å². The van der Waals surface area contributed by atoms with Gasteiger partial charge >= 0.3 is 5.97 Å². The van der Waals surface area contributed by atoms with Crippen LogP contribution in [0.4, 0.5) is 0 Å². The summed E-state index contributed by atoms with van der Waals surface area (Å²) in [6, 6.07) is 6.98. The summed E-state index contributed by atoms with van der Waals surface area (Å²) >= 11 is 0. The largest absolute Gasteiger partial charge is 0.494 e. The van der Waals surface area contributed by atoms with E-state index < -0.39 is 5.97 Å². The number of benzene rings is 1. The molecule has 0 aliphatic rings. The maximum absolute atomic E-state index is 10.9. The number of carbonyl (C=O) groups excluding carboxylic acids is 1. The Morgan fingerprint density at radius 1 is 1.44 bits per heavy atom. The molecule has 0 saturated heterocycles. The first-order chi connectivity index (χ1) is 8.67. The van der Waals surface area contributed by atoms with Gasteiger partial charge in [-0.1, -0.05) is 12.1 Å². The van der Waals surface area contributed by atoms with Crippen LogP contribution < -0.4 is 4.74 Å². The highest BCUT2D eigenvalue weighted by Crippen LogP contribution is 2.22. The molecule has 0 aliphatic heterocycles. The van der Waals surface area contributed by atoms with Crippen LogP contribution in [0.3, 0.4) is 0 Å². The minimum Gasteiger partial charge on any atom is -0.494 e. The lowest BCUT2D eigenvalue weighted by molar-refractivity contribution is 0.0687. The summed E-state index contributed by atoms with van der Waals surface area (Å²) in [6.07, 6.45) is 1.82. The molecule has 0 radical (unpaired) electrons. The summed E-state index contributed by atoms with van der Waals surface area (Å²) in [6.45, 7) is 0. The first kappa shape index (κ1) is 11.8. The molecule has 1 heterocycles. The molecule has 0 atom stereocenters. The van der Waals surface area contributed by atoms with Gasteiger partial charge < -0.3 is 9.84 Å². The number of nitrogens with zero attached hydrogens (tertiary/aromatic N) is 2. The second-order valence-corrected chi connectivity index (χ2v) is 3.47. The van der Waals surface area contributed by atoms with Crippen molar-refractivity contribution in [1.82, 2.24) is 9.78 Å². The monoisotopic (exact) mass is 246 g/mol. The number of carboxylic acids is 1. The van der Waals surface area contributed by atoms with Crippen LogP contribution in [0.25, 0.3) is 5.69 Å². The third kappa shape index (κ3) is 1.95. The zero-order chi connectivity index (χ0) is 13.1. The number of carboxylic acid groups (broad SMARTS) is 1. The van der Waals surface area contributed by atoms with E-state index in [1.807, 2.05) is 0 Å². The summed E-state index contributed by atoms with van der Waals surface area (Å²) in [4.78, 5) is 21.7. The normalized spacial score (nSPS) is 10.1. The van der Waals surface area contributed by atoms with E-state index in [-0.39, 0.29) is 11.3 Å². The van der Waals surface area contributed by atoms with E-state index in [4.69, 9.17) is 9.84 Å². The van der Waals surface area contributed by atoms with Gasteiger partial charge in [0.1, 0.15) is 11.4 Å². The van der Waals surface area contributed by atoms with Gasteiger partial charge in [-0.05, 0) is 12.1 Å². The summed E-state index contributed by atoms with van der Waals surface area (Å²) in [5, 5.41) is 12.8. The Bertz CT molecular complexity index is 604. The summed E-state index contributed by atoms with van der Waals surface area (Å²) in [7, 11) is 1.50. The smallest absolute Gasteiger partial charge is 0.357 e. The van der Waals surface area contributed by atoms with Crippen LogP contribution in [-0.2, 0) is 0 Å². The number of aromatic carboxylic acids is 1. The SMILES string of the molecule is COc1ccccc1-n1cc(C=O)c(C(=O)O)n1. The third-order valence-corrected chi connectivity index (χ3v) is 2.40. The summed E-state index contributed by atoms with van der Waals surface area (Å²) in [5.74, 6) is -0.708. The highest BCUT2D eigenvalue weighted by Gasteiger charge is 2.17. The zero-order valence-corrected chi connectivity index (χ0v) is 9.53. The van der Waals surface area contributed by atoms with E-state index in [0.717, 1.165) is 0 Å². The molecule has 2 aromatic rings.